The lowest BCUT2D eigenvalue weighted by molar-refractivity contribution is 0.105. The molecule has 0 aliphatic carbocycles. The van der Waals surface area contributed by atoms with Crippen LogP contribution in [-0.4, -0.2) is 29.5 Å². The van der Waals surface area contributed by atoms with Crippen LogP contribution < -0.4 is 5.32 Å². The van der Waals surface area contributed by atoms with Crippen LogP contribution in [0, 0.1) is 0 Å². The van der Waals surface area contributed by atoms with Gasteiger partial charge in [-0.15, -0.1) is 10.2 Å². The van der Waals surface area contributed by atoms with E-state index in [0.717, 1.165) is 38.8 Å². The number of ether oxygens (including phenoxy) is 1. The summed E-state index contributed by atoms with van der Waals surface area (Å²) in [5.41, 5.74) is 0. The summed E-state index contributed by atoms with van der Waals surface area (Å²) < 4.78 is 11.2. The van der Waals surface area contributed by atoms with E-state index in [2.05, 4.69) is 29.4 Å². The smallest absolute Gasteiger partial charge is 0.233 e. The molecule has 2 atom stereocenters. The van der Waals surface area contributed by atoms with Crippen molar-refractivity contribution in [3.05, 3.63) is 11.8 Å². The number of hydrogen-bond acceptors (Lipinski definition) is 5. The first kappa shape index (κ1) is 12.5. The van der Waals surface area contributed by atoms with Crippen LogP contribution in [0.3, 0.4) is 0 Å². The van der Waals surface area contributed by atoms with Crippen molar-refractivity contribution >= 4 is 0 Å². The number of hydrogen-bond donors (Lipinski definition) is 1. The molecule has 0 saturated carbocycles. The molecule has 1 saturated heterocycles. The summed E-state index contributed by atoms with van der Waals surface area (Å²) >= 11 is 0. The maximum Gasteiger partial charge on any atom is 0.233 e. The molecule has 17 heavy (non-hydrogen) atoms. The first-order valence-corrected chi connectivity index (χ1v) is 6.50. The standard InChI is InChI=1S/C12H21N3O2/c1-3-10(13-4-2)12-15-14-11(17-12)8-9-6-5-7-16-9/h9-10,13H,3-8H2,1-2H3. The Balaban J connectivity index is 1.94. The zero-order chi connectivity index (χ0) is 12.1. The molecular formula is C12H21N3O2. The predicted molar refractivity (Wildman–Crippen MR) is 63.7 cm³/mol. The van der Waals surface area contributed by atoms with Gasteiger partial charge in [-0.2, -0.15) is 0 Å². The van der Waals surface area contributed by atoms with Gasteiger partial charge >= 0.3 is 0 Å². The van der Waals surface area contributed by atoms with E-state index in [0.29, 0.717) is 11.8 Å². The molecule has 2 unspecified atom stereocenters. The third-order valence-corrected chi connectivity index (χ3v) is 3.07. The Morgan fingerprint density at radius 3 is 2.94 bits per heavy atom. The molecule has 1 fully saturated rings. The van der Waals surface area contributed by atoms with Crippen LogP contribution in [0.4, 0.5) is 0 Å². The Kier molecular flexibility index (Phi) is 4.50. The number of nitrogens with one attached hydrogen (secondary N) is 1. The number of nitrogens with zero attached hydrogens (tertiary/aromatic N) is 2. The lowest BCUT2D eigenvalue weighted by atomic mass is 10.2. The maximum absolute atomic E-state index is 5.69. The zero-order valence-electron chi connectivity index (χ0n) is 10.6. The third kappa shape index (κ3) is 3.26. The molecule has 0 spiro atoms. The van der Waals surface area contributed by atoms with Crippen molar-refractivity contribution in [2.75, 3.05) is 13.2 Å². The summed E-state index contributed by atoms with van der Waals surface area (Å²) in [6.07, 6.45) is 4.20. The SMILES string of the molecule is CCNC(CC)c1nnc(CC2CCCO2)o1. The Morgan fingerprint density at radius 2 is 2.29 bits per heavy atom. The van der Waals surface area contributed by atoms with Gasteiger partial charge in [0.1, 0.15) is 0 Å². The molecule has 2 rings (SSSR count). The average Bonchev–Trinajstić information content (AvgIpc) is 2.98. The summed E-state index contributed by atoms with van der Waals surface area (Å²) in [5, 5.41) is 11.5. The molecule has 0 radical (unpaired) electrons. The highest BCUT2D eigenvalue weighted by molar-refractivity contribution is 4.91. The minimum atomic E-state index is 0.172. The molecule has 0 amide bonds. The Morgan fingerprint density at radius 1 is 1.41 bits per heavy atom. The molecule has 0 bridgehead atoms. The van der Waals surface area contributed by atoms with Crippen molar-refractivity contribution in [3.63, 3.8) is 0 Å². The summed E-state index contributed by atoms with van der Waals surface area (Å²) in [6.45, 7) is 5.95. The normalized spacial score (nSPS) is 21.9. The van der Waals surface area contributed by atoms with Crippen LogP contribution in [0.1, 0.15) is 50.9 Å². The van der Waals surface area contributed by atoms with Crippen LogP contribution in [0.5, 0.6) is 0 Å². The number of rotatable bonds is 6. The molecule has 96 valence electrons. The van der Waals surface area contributed by atoms with E-state index in [4.69, 9.17) is 9.15 Å². The first-order valence-electron chi connectivity index (χ1n) is 6.50. The fourth-order valence-electron chi connectivity index (χ4n) is 2.14. The van der Waals surface area contributed by atoms with E-state index < -0.39 is 0 Å². The van der Waals surface area contributed by atoms with Gasteiger partial charge in [-0.3, -0.25) is 0 Å². The van der Waals surface area contributed by atoms with Gasteiger partial charge in [-0.25, -0.2) is 0 Å². The molecule has 1 N–H and O–H groups in total. The molecule has 1 aromatic rings. The van der Waals surface area contributed by atoms with Gasteiger partial charge in [0.2, 0.25) is 11.8 Å². The highest BCUT2D eigenvalue weighted by Crippen LogP contribution is 2.19. The van der Waals surface area contributed by atoms with Crippen molar-refractivity contribution in [1.82, 2.24) is 15.5 Å². The van der Waals surface area contributed by atoms with Gasteiger partial charge in [0.25, 0.3) is 0 Å². The quantitative estimate of drug-likeness (QED) is 0.821. The van der Waals surface area contributed by atoms with Gasteiger partial charge in [0.15, 0.2) is 0 Å². The van der Waals surface area contributed by atoms with Crippen molar-refractivity contribution in [2.45, 2.75) is 51.7 Å². The van der Waals surface area contributed by atoms with Crippen LogP contribution in [0.2, 0.25) is 0 Å². The van der Waals surface area contributed by atoms with Crippen LogP contribution in [-0.2, 0) is 11.2 Å². The van der Waals surface area contributed by atoms with Gasteiger partial charge in [-0.05, 0) is 25.8 Å². The second kappa shape index (κ2) is 6.12. The summed E-state index contributed by atoms with van der Waals surface area (Å²) in [7, 11) is 0. The molecule has 5 nitrogen and oxygen atoms in total. The summed E-state index contributed by atoms with van der Waals surface area (Å²) in [4.78, 5) is 0. The van der Waals surface area contributed by atoms with Crippen LogP contribution in [0.25, 0.3) is 0 Å². The monoisotopic (exact) mass is 239 g/mol. The van der Waals surface area contributed by atoms with Crippen LogP contribution >= 0.6 is 0 Å². The van der Waals surface area contributed by atoms with Crippen molar-refractivity contribution in [2.24, 2.45) is 0 Å². The molecule has 1 aromatic heterocycles. The van der Waals surface area contributed by atoms with E-state index in [1.807, 2.05) is 0 Å². The molecule has 1 aliphatic heterocycles. The predicted octanol–water partition coefficient (Wildman–Crippen LogP) is 1.85. The minimum Gasteiger partial charge on any atom is -0.423 e. The molecule has 1 aliphatic rings. The topological polar surface area (TPSA) is 60.2 Å². The lowest BCUT2D eigenvalue weighted by Gasteiger charge is -2.10. The van der Waals surface area contributed by atoms with E-state index >= 15 is 0 Å². The van der Waals surface area contributed by atoms with Gasteiger partial charge in [-0.1, -0.05) is 13.8 Å². The molecular weight excluding hydrogens is 218 g/mol. The van der Waals surface area contributed by atoms with Crippen molar-refractivity contribution in [3.8, 4) is 0 Å². The van der Waals surface area contributed by atoms with Crippen molar-refractivity contribution in [1.29, 1.82) is 0 Å². The average molecular weight is 239 g/mol. The Labute approximate surface area is 102 Å². The van der Waals surface area contributed by atoms with Gasteiger partial charge in [0, 0.05) is 6.61 Å². The largest absolute Gasteiger partial charge is 0.423 e. The second-order valence-electron chi connectivity index (χ2n) is 4.39. The summed E-state index contributed by atoms with van der Waals surface area (Å²) in [5.74, 6) is 1.39. The fourth-order valence-corrected chi connectivity index (χ4v) is 2.14. The van der Waals surface area contributed by atoms with Crippen molar-refractivity contribution < 1.29 is 9.15 Å². The number of aromatic nitrogens is 2. The van der Waals surface area contributed by atoms with Crippen LogP contribution in [0.15, 0.2) is 4.42 Å². The van der Waals surface area contributed by atoms with E-state index in [-0.39, 0.29) is 12.1 Å². The zero-order valence-corrected chi connectivity index (χ0v) is 10.6. The Hall–Kier alpha value is -0.940. The van der Waals surface area contributed by atoms with E-state index in [1.54, 1.807) is 0 Å². The first-order chi connectivity index (χ1) is 8.33. The van der Waals surface area contributed by atoms with Gasteiger partial charge < -0.3 is 14.5 Å². The van der Waals surface area contributed by atoms with Gasteiger partial charge in [0.05, 0.1) is 18.6 Å². The molecule has 0 aromatic carbocycles. The molecule has 5 heteroatoms. The second-order valence-corrected chi connectivity index (χ2v) is 4.39. The molecule has 2 heterocycles. The highest BCUT2D eigenvalue weighted by atomic mass is 16.5. The maximum atomic E-state index is 5.69. The summed E-state index contributed by atoms with van der Waals surface area (Å²) in [6, 6.07) is 0.172. The fraction of sp³-hybridized carbons (Fsp3) is 0.833. The van der Waals surface area contributed by atoms with E-state index in [9.17, 15) is 0 Å². The minimum absolute atomic E-state index is 0.172. The highest BCUT2D eigenvalue weighted by Gasteiger charge is 2.21. The Bertz CT molecular complexity index is 334. The third-order valence-electron chi connectivity index (χ3n) is 3.07. The van der Waals surface area contributed by atoms with E-state index in [1.165, 1.54) is 0 Å². The lowest BCUT2D eigenvalue weighted by Crippen LogP contribution is -2.20.